The molecule has 10 heteroatoms. The Hall–Kier alpha value is -3.82. The Morgan fingerprint density at radius 2 is 1.83 bits per heavy atom. The molecule has 0 radical (unpaired) electrons. The first-order valence-electron chi connectivity index (χ1n) is 8.35. The molecule has 0 fully saturated rings. The molecule has 0 aromatic heterocycles. The summed E-state index contributed by atoms with van der Waals surface area (Å²) < 4.78 is 23.5. The number of nitrogens with one attached hydrogen (secondary N) is 1. The van der Waals surface area contributed by atoms with E-state index in [0.717, 1.165) is 18.2 Å². The normalized spacial score (nSPS) is 11.3. The minimum atomic E-state index is -1.23. The second kappa shape index (κ2) is 9.40. The number of nitro benzene ring substituents is 1. The van der Waals surface area contributed by atoms with Crippen molar-refractivity contribution >= 4 is 29.0 Å². The predicted octanol–water partition coefficient (Wildman–Crippen LogP) is 2.89. The molecule has 1 N–H and O–H groups in total. The van der Waals surface area contributed by atoms with Crippen molar-refractivity contribution in [1.29, 1.82) is 0 Å². The number of carbonyl (C=O) groups excluding carboxylic acids is 3. The Morgan fingerprint density at radius 1 is 1.17 bits per heavy atom. The van der Waals surface area contributed by atoms with Gasteiger partial charge in [-0.3, -0.25) is 19.7 Å². The average Bonchev–Trinajstić information content (AvgIpc) is 2.67. The van der Waals surface area contributed by atoms with Crippen LogP contribution in [0.15, 0.2) is 42.5 Å². The van der Waals surface area contributed by atoms with Crippen molar-refractivity contribution in [1.82, 2.24) is 0 Å². The Morgan fingerprint density at radius 3 is 2.41 bits per heavy atom. The molecule has 0 saturated heterocycles. The van der Waals surface area contributed by atoms with Crippen molar-refractivity contribution in [3.8, 4) is 5.75 Å². The zero-order chi connectivity index (χ0) is 21.6. The van der Waals surface area contributed by atoms with Gasteiger partial charge in [0.15, 0.2) is 18.5 Å². The third kappa shape index (κ3) is 6.09. The van der Waals surface area contributed by atoms with Crippen LogP contribution in [0.4, 0.5) is 15.8 Å². The lowest BCUT2D eigenvalue weighted by molar-refractivity contribution is -0.387. The number of ketones is 1. The Balaban J connectivity index is 1.87. The van der Waals surface area contributed by atoms with E-state index < -0.39 is 41.0 Å². The number of anilines is 1. The van der Waals surface area contributed by atoms with Crippen LogP contribution in [-0.4, -0.2) is 35.3 Å². The van der Waals surface area contributed by atoms with Gasteiger partial charge in [-0.25, -0.2) is 4.79 Å². The van der Waals surface area contributed by atoms with Crippen LogP contribution in [0.25, 0.3) is 0 Å². The van der Waals surface area contributed by atoms with Crippen LogP contribution in [0, 0.1) is 15.9 Å². The number of nitrogens with zero attached hydrogens (tertiary/aromatic N) is 1. The van der Waals surface area contributed by atoms with E-state index in [-0.39, 0.29) is 11.5 Å². The van der Waals surface area contributed by atoms with Gasteiger partial charge in [-0.1, -0.05) is 0 Å². The monoisotopic (exact) mass is 404 g/mol. The SMILES string of the molecule is CC(=O)c1ccc(OCC(=O)OC(C)C(=O)Nc2ccc(F)c([N+](=O)[O-])c2)cc1. The fraction of sp³-hybridized carbons (Fsp3) is 0.211. The number of hydrogen-bond donors (Lipinski definition) is 1. The first kappa shape index (κ1) is 21.5. The van der Waals surface area contributed by atoms with Crippen molar-refractivity contribution in [3.63, 3.8) is 0 Å². The molecule has 0 bridgehead atoms. The summed E-state index contributed by atoms with van der Waals surface area (Å²) in [4.78, 5) is 44.9. The van der Waals surface area contributed by atoms with E-state index in [0.29, 0.717) is 11.3 Å². The van der Waals surface area contributed by atoms with Gasteiger partial charge in [-0.05, 0) is 50.2 Å². The summed E-state index contributed by atoms with van der Waals surface area (Å²) in [5.41, 5.74) is -0.323. The van der Waals surface area contributed by atoms with E-state index in [4.69, 9.17) is 9.47 Å². The summed E-state index contributed by atoms with van der Waals surface area (Å²) in [6.45, 7) is 2.25. The molecule has 9 nitrogen and oxygen atoms in total. The van der Waals surface area contributed by atoms with Crippen LogP contribution in [0.2, 0.25) is 0 Å². The summed E-state index contributed by atoms with van der Waals surface area (Å²) in [6, 6.07) is 8.96. The quantitative estimate of drug-likeness (QED) is 0.310. The summed E-state index contributed by atoms with van der Waals surface area (Å²) >= 11 is 0. The highest BCUT2D eigenvalue weighted by Crippen LogP contribution is 2.21. The smallest absolute Gasteiger partial charge is 0.344 e. The van der Waals surface area contributed by atoms with Gasteiger partial charge >= 0.3 is 11.7 Å². The summed E-state index contributed by atoms with van der Waals surface area (Å²) in [5, 5.41) is 13.0. The summed E-state index contributed by atoms with van der Waals surface area (Å²) in [7, 11) is 0. The van der Waals surface area contributed by atoms with Gasteiger partial charge in [0.2, 0.25) is 5.82 Å². The van der Waals surface area contributed by atoms with Gasteiger partial charge in [-0.15, -0.1) is 0 Å². The number of rotatable bonds is 8. The van der Waals surface area contributed by atoms with E-state index in [9.17, 15) is 28.9 Å². The topological polar surface area (TPSA) is 125 Å². The van der Waals surface area contributed by atoms with Crippen molar-refractivity contribution in [2.45, 2.75) is 20.0 Å². The number of hydrogen-bond acceptors (Lipinski definition) is 7. The zero-order valence-electron chi connectivity index (χ0n) is 15.5. The van der Waals surface area contributed by atoms with Crippen molar-refractivity contribution in [2.24, 2.45) is 0 Å². The molecule has 0 aliphatic rings. The molecule has 2 aromatic carbocycles. The molecule has 0 heterocycles. The molecule has 0 aliphatic heterocycles. The molecule has 2 aromatic rings. The van der Waals surface area contributed by atoms with E-state index in [1.165, 1.54) is 26.0 Å². The maximum atomic E-state index is 13.3. The van der Waals surface area contributed by atoms with Gasteiger partial charge in [0.1, 0.15) is 5.75 Å². The van der Waals surface area contributed by atoms with Crippen molar-refractivity contribution in [3.05, 3.63) is 64.0 Å². The molecular formula is C19H17FN2O7. The number of nitro groups is 1. The van der Waals surface area contributed by atoms with Crippen LogP contribution in [0.1, 0.15) is 24.2 Å². The molecule has 1 atom stereocenters. The molecule has 0 saturated carbocycles. The number of Topliss-reactive ketones (excluding diaryl/α,β-unsaturated/α-hetero) is 1. The Labute approximate surface area is 164 Å². The fourth-order valence-electron chi connectivity index (χ4n) is 2.19. The van der Waals surface area contributed by atoms with Crippen LogP contribution in [-0.2, 0) is 14.3 Å². The Bertz CT molecular complexity index is 944. The zero-order valence-corrected chi connectivity index (χ0v) is 15.5. The van der Waals surface area contributed by atoms with Gasteiger partial charge in [0.05, 0.1) is 4.92 Å². The second-order valence-electron chi connectivity index (χ2n) is 5.91. The largest absolute Gasteiger partial charge is 0.482 e. The number of halogens is 1. The van der Waals surface area contributed by atoms with Gasteiger partial charge < -0.3 is 14.8 Å². The minimum absolute atomic E-state index is 0.0205. The van der Waals surface area contributed by atoms with Crippen LogP contribution in [0.5, 0.6) is 5.75 Å². The van der Waals surface area contributed by atoms with E-state index in [2.05, 4.69) is 5.32 Å². The number of carbonyl (C=O) groups is 3. The average molecular weight is 404 g/mol. The maximum Gasteiger partial charge on any atom is 0.344 e. The fourth-order valence-corrected chi connectivity index (χ4v) is 2.19. The highest BCUT2D eigenvalue weighted by atomic mass is 19.1. The Kier molecular flexibility index (Phi) is 6.96. The van der Waals surface area contributed by atoms with Gasteiger partial charge in [0.25, 0.3) is 5.91 Å². The first-order chi connectivity index (χ1) is 13.7. The molecule has 0 aliphatic carbocycles. The number of esters is 1. The van der Waals surface area contributed by atoms with Crippen molar-refractivity contribution in [2.75, 3.05) is 11.9 Å². The molecule has 0 spiro atoms. The lowest BCUT2D eigenvalue weighted by atomic mass is 10.1. The standard InChI is InChI=1S/C19H17FN2O7/c1-11(23)13-3-6-15(7-4-13)28-10-18(24)29-12(2)19(25)21-14-5-8-16(20)17(9-14)22(26)27/h3-9,12H,10H2,1-2H3,(H,21,25). The van der Waals surface area contributed by atoms with Crippen LogP contribution in [0.3, 0.4) is 0 Å². The highest BCUT2D eigenvalue weighted by molar-refractivity contribution is 5.95. The lowest BCUT2D eigenvalue weighted by Crippen LogP contribution is -2.31. The van der Waals surface area contributed by atoms with Gasteiger partial charge in [-0.2, -0.15) is 4.39 Å². The predicted molar refractivity (Wildman–Crippen MR) is 99.2 cm³/mol. The van der Waals surface area contributed by atoms with E-state index in [1.54, 1.807) is 12.1 Å². The molecule has 1 amide bonds. The molecule has 1 unspecified atom stereocenters. The van der Waals surface area contributed by atoms with Crippen LogP contribution >= 0.6 is 0 Å². The molecule has 29 heavy (non-hydrogen) atoms. The number of amides is 1. The number of benzene rings is 2. The highest BCUT2D eigenvalue weighted by Gasteiger charge is 2.20. The maximum absolute atomic E-state index is 13.3. The van der Waals surface area contributed by atoms with Crippen molar-refractivity contribution < 1.29 is 33.2 Å². The lowest BCUT2D eigenvalue weighted by Gasteiger charge is -2.14. The second-order valence-corrected chi connectivity index (χ2v) is 5.91. The van der Waals surface area contributed by atoms with Gasteiger partial charge in [0, 0.05) is 17.3 Å². The van der Waals surface area contributed by atoms with Crippen LogP contribution < -0.4 is 10.1 Å². The van der Waals surface area contributed by atoms with E-state index in [1.807, 2.05) is 0 Å². The summed E-state index contributed by atoms with van der Waals surface area (Å²) in [6.07, 6.45) is -1.23. The minimum Gasteiger partial charge on any atom is -0.482 e. The summed E-state index contributed by atoms with van der Waals surface area (Å²) in [5.74, 6) is -2.40. The first-order valence-corrected chi connectivity index (χ1v) is 8.35. The molecular weight excluding hydrogens is 387 g/mol. The number of ether oxygens (including phenoxy) is 2. The molecule has 2 rings (SSSR count). The molecule has 152 valence electrons. The third-order valence-corrected chi connectivity index (χ3v) is 3.71. The third-order valence-electron chi connectivity index (χ3n) is 3.71. The van der Waals surface area contributed by atoms with E-state index >= 15 is 0 Å².